The Hall–Kier alpha value is -2.55. The molecule has 4 nitrogen and oxygen atoms in total. The molecule has 1 aliphatic rings. The van der Waals surface area contributed by atoms with E-state index in [1.807, 2.05) is 12.1 Å². The maximum Gasteiger partial charge on any atom is 0.409 e. The number of hydrogen-bond acceptors (Lipinski definition) is 3. The maximum atomic E-state index is 12.2. The van der Waals surface area contributed by atoms with Crippen molar-refractivity contribution in [1.82, 2.24) is 4.90 Å². The van der Waals surface area contributed by atoms with Crippen LogP contribution in [0.2, 0.25) is 5.04 Å². The average Bonchev–Trinajstić information content (AvgIpc) is 2.77. The maximum absolute atomic E-state index is 12.2. The van der Waals surface area contributed by atoms with Gasteiger partial charge in [-0.3, -0.25) is 0 Å². The van der Waals surface area contributed by atoms with E-state index in [0.29, 0.717) is 19.4 Å². The molecule has 1 saturated heterocycles. The van der Waals surface area contributed by atoms with Gasteiger partial charge in [-0.15, -0.1) is 12.3 Å². The lowest BCUT2D eigenvalue weighted by atomic mass is 9.98. The zero-order chi connectivity index (χ0) is 22.5. The van der Waals surface area contributed by atoms with E-state index in [-0.39, 0.29) is 23.3 Å². The normalized spacial score (nSPS) is 19.5. The number of hydrogen-bond donors (Lipinski definition) is 0. The fourth-order valence-electron chi connectivity index (χ4n) is 4.75. The van der Waals surface area contributed by atoms with Crippen molar-refractivity contribution in [3.63, 3.8) is 0 Å². The van der Waals surface area contributed by atoms with Crippen molar-refractivity contribution in [1.29, 1.82) is 0 Å². The summed E-state index contributed by atoms with van der Waals surface area (Å²) in [7, 11) is -1.22. The molecular weight excluding hydrogens is 402 g/mol. The number of carbonyl (C=O) groups is 1. The van der Waals surface area contributed by atoms with Crippen LogP contribution in [0.3, 0.4) is 0 Å². The average molecular weight is 436 g/mol. The molecule has 1 fully saturated rings. The highest BCUT2D eigenvalue weighted by Crippen LogP contribution is 2.39. The first-order valence-electron chi connectivity index (χ1n) is 10.9. The van der Waals surface area contributed by atoms with E-state index >= 15 is 0 Å². The number of piperidine rings is 1. The first-order valence-corrected chi connectivity index (χ1v) is 12.8. The van der Waals surface area contributed by atoms with Crippen LogP contribution >= 0.6 is 0 Å². The first-order chi connectivity index (χ1) is 14.8. The Morgan fingerprint density at radius 2 is 1.65 bits per heavy atom. The Kier molecular flexibility index (Phi) is 7.25. The van der Waals surface area contributed by atoms with Gasteiger partial charge in [0.15, 0.2) is 0 Å². The van der Waals surface area contributed by atoms with Gasteiger partial charge in [-0.05, 0) is 28.3 Å². The molecule has 0 spiro atoms. The zero-order valence-electron chi connectivity index (χ0n) is 19.0. The number of nitrogens with zero attached hydrogens (tertiary/aromatic N) is 1. The molecule has 2 aromatic carbocycles. The second-order valence-electron chi connectivity index (χ2n) is 9.15. The Balaban J connectivity index is 2.02. The molecule has 0 N–H and O–H groups in total. The van der Waals surface area contributed by atoms with E-state index in [1.165, 1.54) is 17.5 Å². The van der Waals surface area contributed by atoms with Crippen LogP contribution in [-0.2, 0) is 9.16 Å². The minimum absolute atomic E-state index is 0.0190. The van der Waals surface area contributed by atoms with Gasteiger partial charge in [0, 0.05) is 25.1 Å². The van der Waals surface area contributed by atoms with Crippen molar-refractivity contribution >= 4 is 24.8 Å². The smallest absolute Gasteiger partial charge is 0.409 e. The van der Waals surface area contributed by atoms with E-state index in [2.05, 4.69) is 75.2 Å². The largest absolute Gasteiger partial charge is 0.453 e. The molecule has 5 heteroatoms. The summed E-state index contributed by atoms with van der Waals surface area (Å²) in [4.78, 5) is 14.0. The third kappa shape index (κ3) is 4.71. The van der Waals surface area contributed by atoms with Crippen LogP contribution in [-0.4, -0.2) is 45.1 Å². The van der Waals surface area contributed by atoms with Crippen molar-refractivity contribution < 1.29 is 14.0 Å². The third-order valence-corrected chi connectivity index (χ3v) is 11.3. The SMILES string of the molecule is C#CC[C@@H]1C[C@H](O[Si](c2ccccc2)(c2ccccc2)C(C)(C)C)CCN1C(=O)OC. The van der Waals surface area contributed by atoms with Gasteiger partial charge in [0.05, 0.1) is 7.11 Å². The van der Waals surface area contributed by atoms with Gasteiger partial charge in [0.1, 0.15) is 0 Å². The summed E-state index contributed by atoms with van der Waals surface area (Å²) in [6.45, 7) is 7.42. The van der Waals surface area contributed by atoms with Gasteiger partial charge in [-0.2, -0.15) is 0 Å². The Labute approximate surface area is 187 Å². The molecule has 0 bridgehead atoms. The van der Waals surface area contributed by atoms with Crippen LogP contribution in [0.15, 0.2) is 60.7 Å². The fourth-order valence-corrected chi connectivity index (χ4v) is 9.48. The molecule has 2 atom stereocenters. The standard InChI is InChI=1S/C26H33NO3Si/c1-6-13-21-20-22(18-19-27(21)25(28)29-5)30-31(26(2,3)4,23-14-9-7-10-15-23)24-16-11-8-12-17-24/h1,7-12,14-17,21-22H,13,18-20H2,2-5H3/t21-,22-/m1/s1. The number of rotatable bonds is 5. The molecule has 1 heterocycles. The van der Waals surface area contributed by atoms with Gasteiger partial charge in [0.2, 0.25) is 0 Å². The third-order valence-electron chi connectivity index (χ3n) is 6.19. The van der Waals surface area contributed by atoms with Crippen molar-refractivity contribution in [2.45, 2.75) is 57.2 Å². The summed E-state index contributed by atoms with van der Waals surface area (Å²) in [5, 5.41) is 2.44. The number of likely N-dealkylation sites (tertiary alicyclic amines) is 1. The van der Waals surface area contributed by atoms with Crippen LogP contribution in [0.4, 0.5) is 4.79 Å². The molecule has 2 aromatic rings. The predicted molar refractivity (Wildman–Crippen MR) is 128 cm³/mol. The lowest BCUT2D eigenvalue weighted by Crippen LogP contribution is -2.68. The number of ether oxygens (including phenoxy) is 1. The monoisotopic (exact) mass is 435 g/mol. The van der Waals surface area contributed by atoms with Crippen LogP contribution < -0.4 is 10.4 Å². The second kappa shape index (κ2) is 9.72. The van der Waals surface area contributed by atoms with Crippen molar-refractivity contribution in [2.24, 2.45) is 0 Å². The van der Waals surface area contributed by atoms with E-state index < -0.39 is 8.32 Å². The predicted octanol–water partition coefficient (Wildman–Crippen LogP) is 4.19. The zero-order valence-corrected chi connectivity index (χ0v) is 20.0. The summed E-state index contributed by atoms with van der Waals surface area (Å²) in [5.41, 5.74) is 0. The van der Waals surface area contributed by atoms with Gasteiger partial charge in [-0.1, -0.05) is 81.4 Å². The number of benzene rings is 2. The lowest BCUT2D eigenvalue weighted by Gasteiger charge is -2.47. The molecule has 1 aliphatic heterocycles. The molecule has 0 unspecified atom stereocenters. The molecule has 0 aliphatic carbocycles. The summed E-state index contributed by atoms with van der Waals surface area (Å²) in [6, 6.07) is 21.2. The van der Waals surface area contributed by atoms with Gasteiger partial charge in [-0.25, -0.2) is 4.79 Å². The molecule has 1 amide bonds. The minimum Gasteiger partial charge on any atom is -0.453 e. The summed E-state index contributed by atoms with van der Waals surface area (Å²) in [6.07, 6.45) is 7.30. The molecule has 0 aromatic heterocycles. The van der Waals surface area contributed by atoms with Crippen LogP contribution in [0.1, 0.15) is 40.0 Å². The molecule has 0 saturated carbocycles. The van der Waals surface area contributed by atoms with Crippen molar-refractivity contribution in [2.75, 3.05) is 13.7 Å². The second-order valence-corrected chi connectivity index (χ2v) is 13.4. The van der Waals surface area contributed by atoms with E-state index in [9.17, 15) is 4.79 Å². The van der Waals surface area contributed by atoms with Crippen LogP contribution in [0.25, 0.3) is 0 Å². The number of terminal acetylenes is 1. The van der Waals surface area contributed by atoms with Crippen LogP contribution in [0, 0.1) is 12.3 Å². The van der Waals surface area contributed by atoms with Crippen molar-refractivity contribution in [3.05, 3.63) is 60.7 Å². The highest BCUT2D eigenvalue weighted by atomic mass is 28.4. The number of amides is 1. The van der Waals surface area contributed by atoms with Gasteiger partial charge < -0.3 is 14.1 Å². The fraction of sp³-hybridized carbons (Fsp3) is 0.423. The molecule has 0 radical (unpaired) electrons. The van der Waals surface area contributed by atoms with Crippen molar-refractivity contribution in [3.8, 4) is 12.3 Å². The molecule has 31 heavy (non-hydrogen) atoms. The summed E-state index contributed by atoms with van der Waals surface area (Å²) in [5.74, 6) is 2.73. The number of methoxy groups -OCH3 is 1. The molecular formula is C26H33NO3Si. The quantitative estimate of drug-likeness (QED) is 0.522. The van der Waals surface area contributed by atoms with Gasteiger partial charge >= 0.3 is 6.09 Å². The number of carbonyl (C=O) groups excluding carboxylic acids is 1. The Morgan fingerprint density at radius 3 is 2.10 bits per heavy atom. The van der Waals surface area contributed by atoms with Crippen LogP contribution in [0.5, 0.6) is 0 Å². The Bertz CT molecular complexity index is 862. The Morgan fingerprint density at radius 1 is 1.10 bits per heavy atom. The highest BCUT2D eigenvalue weighted by molar-refractivity contribution is 6.99. The molecule has 164 valence electrons. The van der Waals surface area contributed by atoms with E-state index in [0.717, 1.165) is 6.42 Å². The van der Waals surface area contributed by atoms with Gasteiger partial charge in [0.25, 0.3) is 8.32 Å². The summed E-state index contributed by atoms with van der Waals surface area (Å²) >= 11 is 0. The van der Waals surface area contributed by atoms with E-state index in [1.54, 1.807) is 4.90 Å². The lowest BCUT2D eigenvalue weighted by molar-refractivity contribution is 0.0441. The topological polar surface area (TPSA) is 38.8 Å². The summed E-state index contributed by atoms with van der Waals surface area (Å²) < 4.78 is 12.2. The van der Waals surface area contributed by atoms with E-state index in [4.69, 9.17) is 15.6 Å². The molecule has 3 rings (SSSR count). The minimum atomic E-state index is -2.63. The highest BCUT2D eigenvalue weighted by Gasteiger charge is 2.52. The first kappa shape index (κ1) is 23.1.